The van der Waals surface area contributed by atoms with E-state index in [1.165, 1.54) is 22.2 Å². The fraction of sp³-hybridized carbons (Fsp3) is 0.387. The lowest BCUT2D eigenvalue weighted by molar-refractivity contribution is 0.0928. The number of hydrogen-bond acceptors (Lipinski definition) is 7. The van der Waals surface area contributed by atoms with Crippen LogP contribution in [-0.4, -0.2) is 54.4 Å². The van der Waals surface area contributed by atoms with Gasteiger partial charge in [-0.3, -0.25) is 4.79 Å². The SMILES string of the molecule is CN(C)c1nc(N[C@H]2CC[C@@H](NC(=O)c3cn(S(=O)(=O)c4ccccc4)c4ccccc34)CC2)nc2c1CCCC2. The highest BCUT2D eigenvalue weighted by molar-refractivity contribution is 7.90. The second-order valence-electron chi connectivity index (χ2n) is 11.2. The number of hydrogen-bond donors (Lipinski definition) is 2. The number of carbonyl (C=O) groups excluding carboxylic acids is 1. The lowest BCUT2D eigenvalue weighted by atomic mass is 9.91. The molecule has 1 amide bonds. The van der Waals surface area contributed by atoms with Crippen molar-refractivity contribution in [3.63, 3.8) is 0 Å². The van der Waals surface area contributed by atoms with Crippen molar-refractivity contribution < 1.29 is 13.2 Å². The van der Waals surface area contributed by atoms with Gasteiger partial charge in [0.05, 0.1) is 21.7 Å². The quantitative estimate of drug-likeness (QED) is 0.328. The van der Waals surface area contributed by atoms with Crippen LogP contribution in [0, 0.1) is 0 Å². The minimum absolute atomic E-state index is 0.00943. The van der Waals surface area contributed by atoms with Crippen molar-refractivity contribution in [1.82, 2.24) is 19.3 Å². The van der Waals surface area contributed by atoms with E-state index < -0.39 is 10.0 Å². The molecule has 0 spiro atoms. The van der Waals surface area contributed by atoms with Crippen LogP contribution in [0.15, 0.2) is 65.7 Å². The highest BCUT2D eigenvalue weighted by Crippen LogP contribution is 2.30. The second kappa shape index (κ2) is 11.2. The van der Waals surface area contributed by atoms with Gasteiger partial charge in [-0.2, -0.15) is 4.98 Å². The highest BCUT2D eigenvalue weighted by atomic mass is 32.2. The molecule has 214 valence electrons. The number of fused-ring (bicyclic) bond motifs is 2. The number of anilines is 2. The summed E-state index contributed by atoms with van der Waals surface area (Å²) >= 11 is 0. The third-order valence-corrected chi connectivity index (χ3v) is 9.89. The van der Waals surface area contributed by atoms with Crippen LogP contribution in [0.3, 0.4) is 0 Å². The van der Waals surface area contributed by atoms with E-state index in [9.17, 15) is 13.2 Å². The molecular formula is C31H36N6O3S. The number of aryl methyl sites for hydroxylation is 1. The van der Waals surface area contributed by atoms with Gasteiger partial charge in [-0.1, -0.05) is 36.4 Å². The molecule has 1 fully saturated rings. The van der Waals surface area contributed by atoms with Gasteiger partial charge in [-0.25, -0.2) is 17.4 Å². The average Bonchev–Trinajstić information content (AvgIpc) is 3.39. The van der Waals surface area contributed by atoms with E-state index in [1.54, 1.807) is 48.5 Å². The number of para-hydroxylation sites is 1. The Hall–Kier alpha value is -3.92. The minimum atomic E-state index is -3.85. The molecule has 2 aliphatic carbocycles. The Bertz CT molecular complexity index is 1680. The van der Waals surface area contributed by atoms with E-state index in [4.69, 9.17) is 9.97 Å². The summed E-state index contributed by atoms with van der Waals surface area (Å²) in [6.07, 6.45) is 9.22. The molecule has 2 N–H and O–H groups in total. The van der Waals surface area contributed by atoms with Crippen molar-refractivity contribution >= 4 is 38.6 Å². The summed E-state index contributed by atoms with van der Waals surface area (Å²) in [6.45, 7) is 0. The van der Waals surface area contributed by atoms with E-state index in [2.05, 4.69) is 15.5 Å². The minimum Gasteiger partial charge on any atom is -0.362 e. The zero-order chi connectivity index (χ0) is 28.6. The highest BCUT2D eigenvalue weighted by Gasteiger charge is 2.28. The molecule has 2 aromatic carbocycles. The van der Waals surface area contributed by atoms with E-state index in [0.717, 1.165) is 56.5 Å². The van der Waals surface area contributed by atoms with Crippen molar-refractivity contribution in [2.24, 2.45) is 0 Å². The van der Waals surface area contributed by atoms with Gasteiger partial charge in [0.2, 0.25) is 5.95 Å². The van der Waals surface area contributed by atoms with Crippen LogP contribution < -0.4 is 15.5 Å². The number of rotatable bonds is 7. The Morgan fingerprint density at radius 1 is 0.902 bits per heavy atom. The molecule has 0 bridgehead atoms. The van der Waals surface area contributed by atoms with Gasteiger partial charge >= 0.3 is 0 Å². The van der Waals surface area contributed by atoms with Crippen LogP contribution in [0.4, 0.5) is 11.8 Å². The molecule has 4 aromatic rings. The topological polar surface area (TPSA) is 109 Å². The largest absolute Gasteiger partial charge is 0.362 e. The van der Waals surface area contributed by atoms with Crippen LogP contribution >= 0.6 is 0 Å². The standard InChI is InChI=1S/C31H36N6O3S/c1-36(2)29-25-13-6-8-14-27(25)34-31(35-29)33-22-18-16-21(17-19-22)32-30(38)26-20-37(28-15-9-7-12-24(26)28)41(39,40)23-10-4-3-5-11-23/h3-5,7,9-12,15,20-22H,6,8,13-14,16-19H2,1-2H3,(H,32,38)(H,33,34,35)/t21-,22+. The molecule has 9 nitrogen and oxygen atoms in total. The fourth-order valence-electron chi connectivity index (χ4n) is 6.07. The number of nitrogens with zero attached hydrogens (tertiary/aromatic N) is 4. The summed E-state index contributed by atoms with van der Waals surface area (Å²) < 4.78 is 28.0. The number of amides is 1. The Labute approximate surface area is 241 Å². The molecule has 0 unspecified atom stereocenters. The van der Waals surface area contributed by atoms with Gasteiger partial charge in [-0.05, 0) is 69.6 Å². The molecule has 0 atom stereocenters. The van der Waals surface area contributed by atoms with E-state index >= 15 is 0 Å². The monoisotopic (exact) mass is 572 g/mol. The molecule has 2 aliphatic rings. The normalized spacial score (nSPS) is 19.0. The second-order valence-corrected chi connectivity index (χ2v) is 13.1. The molecule has 0 saturated heterocycles. The zero-order valence-corrected chi connectivity index (χ0v) is 24.3. The molecule has 41 heavy (non-hydrogen) atoms. The third kappa shape index (κ3) is 5.40. The first kappa shape index (κ1) is 27.3. The van der Waals surface area contributed by atoms with Gasteiger partial charge in [0.15, 0.2) is 0 Å². The molecule has 0 radical (unpaired) electrons. The number of aromatic nitrogens is 3. The fourth-order valence-corrected chi connectivity index (χ4v) is 7.46. The third-order valence-electron chi connectivity index (χ3n) is 8.20. The van der Waals surface area contributed by atoms with Crippen molar-refractivity contribution in [2.75, 3.05) is 24.3 Å². The molecule has 1 saturated carbocycles. The average molecular weight is 573 g/mol. The van der Waals surface area contributed by atoms with Gasteiger partial charge in [-0.15, -0.1) is 0 Å². The first-order chi connectivity index (χ1) is 19.8. The first-order valence-corrected chi connectivity index (χ1v) is 15.8. The Balaban J connectivity index is 1.14. The van der Waals surface area contributed by atoms with Gasteiger partial charge in [0.25, 0.3) is 15.9 Å². The van der Waals surface area contributed by atoms with Crippen LogP contribution in [0.5, 0.6) is 0 Å². The maximum atomic E-state index is 13.5. The molecule has 10 heteroatoms. The molecular weight excluding hydrogens is 536 g/mol. The van der Waals surface area contributed by atoms with Crippen molar-refractivity contribution in [2.45, 2.75) is 68.3 Å². The van der Waals surface area contributed by atoms with E-state index in [-0.39, 0.29) is 22.9 Å². The van der Waals surface area contributed by atoms with E-state index in [1.807, 2.05) is 20.2 Å². The lowest BCUT2D eigenvalue weighted by Gasteiger charge is -2.30. The van der Waals surface area contributed by atoms with Crippen molar-refractivity contribution in [3.8, 4) is 0 Å². The van der Waals surface area contributed by atoms with Crippen LogP contribution in [0.1, 0.15) is 60.1 Å². The Kier molecular flexibility index (Phi) is 7.42. The number of benzene rings is 2. The maximum Gasteiger partial charge on any atom is 0.268 e. The Morgan fingerprint density at radius 2 is 1.59 bits per heavy atom. The van der Waals surface area contributed by atoms with Crippen molar-refractivity contribution in [1.29, 1.82) is 0 Å². The number of carbonyl (C=O) groups is 1. The summed E-state index contributed by atoms with van der Waals surface area (Å²) in [6, 6.07) is 15.6. The molecule has 2 heterocycles. The van der Waals surface area contributed by atoms with Crippen LogP contribution in [0.2, 0.25) is 0 Å². The van der Waals surface area contributed by atoms with Crippen LogP contribution in [0.25, 0.3) is 10.9 Å². The van der Waals surface area contributed by atoms with Gasteiger partial charge < -0.3 is 15.5 Å². The van der Waals surface area contributed by atoms with Gasteiger partial charge in [0.1, 0.15) is 5.82 Å². The Morgan fingerprint density at radius 3 is 2.34 bits per heavy atom. The van der Waals surface area contributed by atoms with Crippen molar-refractivity contribution in [3.05, 3.63) is 77.6 Å². The first-order valence-electron chi connectivity index (χ1n) is 14.4. The molecule has 0 aliphatic heterocycles. The summed E-state index contributed by atoms with van der Waals surface area (Å²) in [7, 11) is 0.213. The number of nitrogens with one attached hydrogen (secondary N) is 2. The lowest BCUT2D eigenvalue weighted by Crippen LogP contribution is -2.40. The summed E-state index contributed by atoms with van der Waals surface area (Å²) in [5.41, 5.74) is 3.28. The zero-order valence-electron chi connectivity index (χ0n) is 23.5. The predicted octanol–water partition coefficient (Wildman–Crippen LogP) is 4.77. The predicted molar refractivity (Wildman–Crippen MR) is 161 cm³/mol. The molecule has 6 rings (SSSR count). The summed E-state index contributed by atoms with van der Waals surface area (Å²) in [5.74, 6) is 1.44. The summed E-state index contributed by atoms with van der Waals surface area (Å²) in [5, 5.41) is 7.34. The molecule has 2 aromatic heterocycles. The van der Waals surface area contributed by atoms with Gasteiger partial charge in [0, 0.05) is 43.3 Å². The summed E-state index contributed by atoms with van der Waals surface area (Å²) in [4.78, 5) is 25.4. The van der Waals surface area contributed by atoms with E-state index in [0.29, 0.717) is 22.4 Å². The maximum absolute atomic E-state index is 13.5. The smallest absolute Gasteiger partial charge is 0.268 e. The van der Waals surface area contributed by atoms with Crippen LogP contribution in [-0.2, 0) is 22.9 Å².